The molecule has 9 heteroatoms. The van der Waals surface area contributed by atoms with Gasteiger partial charge in [0.1, 0.15) is 5.82 Å². The van der Waals surface area contributed by atoms with Crippen molar-refractivity contribution in [3.63, 3.8) is 0 Å². The van der Waals surface area contributed by atoms with Crippen LogP contribution in [-0.2, 0) is 4.79 Å². The molecule has 3 unspecified atom stereocenters. The summed E-state index contributed by atoms with van der Waals surface area (Å²) in [7, 11) is 0. The maximum absolute atomic E-state index is 13.4. The van der Waals surface area contributed by atoms with E-state index < -0.39 is 0 Å². The molecule has 1 aromatic heterocycles. The number of amides is 3. The molecule has 3 fully saturated rings. The third-order valence-electron chi connectivity index (χ3n) is 7.08. The molecule has 4 aliphatic rings. The van der Waals surface area contributed by atoms with Gasteiger partial charge in [0.05, 0.1) is 16.3 Å². The number of pyridine rings is 1. The fraction of sp³-hybridized carbons (Fsp3) is 0.400. The van der Waals surface area contributed by atoms with E-state index in [1.807, 2.05) is 30.3 Å². The Morgan fingerprint density at radius 3 is 2.82 bits per heavy atom. The molecule has 34 heavy (non-hydrogen) atoms. The molecule has 6 rings (SSSR count). The standard InChI is InChI=1S/C25H28N6O2S/c32-23(29-17-7-4-10-26-14-17)22-21-20-18(9-12-28-24(20)34-22)31(25(33)30-21)19-13-16(8-11-27-19)15-5-2-1-3-6-15/h1-3,5-6,8,11,13,17-18,20,24,26,28H,4,7,9-10,12,14H2,(H,29,32)(H,30,33)/t17-,18?,20?,24?/m1/s1. The van der Waals surface area contributed by atoms with Crippen molar-refractivity contribution < 1.29 is 9.59 Å². The number of carbonyl (C=O) groups is 2. The van der Waals surface area contributed by atoms with E-state index in [1.165, 1.54) is 0 Å². The van der Waals surface area contributed by atoms with Gasteiger partial charge in [-0.15, -0.1) is 0 Å². The fourth-order valence-electron chi connectivity index (χ4n) is 5.47. The minimum Gasteiger partial charge on any atom is -0.348 e. The lowest BCUT2D eigenvalue weighted by molar-refractivity contribution is -0.117. The summed E-state index contributed by atoms with van der Waals surface area (Å²) in [6, 6.07) is 13.9. The minimum absolute atomic E-state index is 0.0175. The van der Waals surface area contributed by atoms with E-state index in [1.54, 1.807) is 22.9 Å². The monoisotopic (exact) mass is 476 g/mol. The summed E-state index contributed by atoms with van der Waals surface area (Å²) in [6.07, 6.45) is 4.59. The molecule has 0 spiro atoms. The Balaban J connectivity index is 1.30. The lowest BCUT2D eigenvalue weighted by atomic mass is 9.86. The van der Waals surface area contributed by atoms with Gasteiger partial charge in [-0.2, -0.15) is 0 Å². The van der Waals surface area contributed by atoms with Crippen molar-refractivity contribution in [2.75, 3.05) is 24.5 Å². The number of hydrogen-bond donors (Lipinski definition) is 4. The molecule has 4 N–H and O–H groups in total. The molecule has 3 saturated heterocycles. The number of nitrogens with one attached hydrogen (secondary N) is 4. The van der Waals surface area contributed by atoms with Gasteiger partial charge in [0.15, 0.2) is 0 Å². The number of anilines is 1. The second kappa shape index (κ2) is 9.05. The van der Waals surface area contributed by atoms with Crippen LogP contribution in [0.2, 0.25) is 0 Å². The highest BCUT2D eigenvalue weighted by Gasteiger charge is 2.52. The average molecular weight is 477 g/mol. The topological polar surface area (TPSA) is 98.4 Å². The highest BCUT2D eigenvalue weighted by Crippen LogP contribution is 2.47. The van der Waals surface area contributed by atoms with E-state index in [9.17, 15) is 9.59 Å². The number of rotatable bonds is 4. The number of thioether (sulfide) groups is 1. The third kappa shape index (κ3) is 3.87. The Kier molecular flexibility index (Phi) is 5.76. The van der Waals surface area contributed by atoms with Gasteiger partial charge in [-0.25, -0.2) is 9.78 Å². The first-order valence-electron chi connectivity index (χ1n) is 12.0. The first kappa shape index (κ1) is 21.6. The predicted octanol–water partition coefficient (Wildman–Crippen LogP) is 2.41. The molecule has 4 aliphatic heterocycles. The van der Waals surface area contributed by atoms with Crippen LogP contribution < -0.4 is 26.2 Å². The SMILES string of the molecule is O=C(N[C@@H]1CCCNC1)C1=C2NC(=O)N(c3cc(-c4ccccc4)ccn3)C3CCNC(S1)C23. The molecule has 0 aliphatic carbocycles. The van der Waals surface area contributed by atoms with Crippen molar-refractivity contribution >= 4 is 29.5 Å². The quantitative estimate of drug-likeness (QED) is 0.541. The lowest BCUT2D eigenvalue weighted by Gasteiger charge is -2.45. The van der Waals surface area contributed by atoms with Crippen molar-refractivity contribution in [3.8, 4) is 11.1 Å². The van der Waals surface area contributed by atoms with E-state index in [2.05, 4.69) is 38.4 Å². The minimum atomic E-state index is -0.221. The first-order valence-corrected chi connectivity index (χ1v) is 12.8. The second-order valence-corrected chi connectivity index (χ2v) is 10.4. The summed E-state index contributed by atoms with van der Waals surface area (Å²) in [6.45, 7) is 2.57. The molecule has 3 amide bonds. The van der Waals surface area contributed by atoms with Gasteiger partial charge in [-0.3, -0.25) is 9.69 Å². The van der Waals surface area contributed by atoms with Crippen LogP contribution in [0.5, 0.6) is 0 Å². The zero-order chi connectivity index (χ0) is 23.1. The molecule has 0 radical (unpaired) electrons. The normalized spacial score (nSPS) is 28.4. The largest absolute Gasteiger partial charge is 0.348 e. The lowest BCUT2D eigenvalue weighted by Crippen LogP contribution is -2.62. The van der Waals surface area contributed by atoms with Crippen LogP contribution in [0.25, 0.3) is 11.1 Å². The Morgan fingerprint density at radius 1 is 1.12 bits per heavy atom. The van der Waals surface area contributed by atoms with E-state index in [4.69, 9.17) is 0 Å². The third-order valence-corrected chi connectivity index (χ3v) is 8.43. The summed E-state index contributed by atoms with van der Waals surface area (Å²) in [4.78, 5) is 33.6. The predicted molar refractivity (Wildman–Crippen MR) is 133 cm³/mol. The summed E-state index contributed by atoms with van der Waals surface area (Å²) < 4.78 is 0. The van der Waals surface area contributed by atoms with Gasteiger partial charge < -0.3 is 21.3 Å². The number of benzene rings is 1. The maximum Gasteiger partial charge on any atom is 0.327 e. The van der Waals surface area contributed by atoms with E-state index in [0.717, 1.165) is 55.7 Å². The van der Waals surface area contributed by atoms with Crippen molar-refractivity contribution in [2.24, 2.45) is 5.92 Å². The fourth-order valence-corrected chi connectivity index (χ4v) is 6.87. The summed E-state index contributed by atoms with van der Waals surface area (Å²) in [5, 5.41) is 13.2. The van der Waals surface area contributed by atoms with Crippen molar-refractivity contribution in [1.29, 1.82) is 0 Å². The average Bonchev–Trinajstić information content (AvgIpc) is 3.25. The second-order valence-electron chi connectivity index (χ2n) is 9.20. The Hall–Kier alpha value is -2.88. The summed E-state index contributed by atoms with van der Waals surface area (Å²) >= 11 is 1.54. The van der Waals surface area contributed by atoms with Crippen LogP contribution in [0.1, 0.15) is 19.3 Å². The van der Waals surface area contributed by atoms with Gasteiger partial charge in [0.25, 0.3) is 5.91 Å². The van der Waals surface area contributed by atoms with Gasteiger partial charge in [-0.1, -0.05) is 42.1 Å². The molecule has 176 valence electrons. The number of nitrogens with zero attached hydrogens (tertiary/aromatic N) is 2. The summed E-state index contributed by atoms with van der Waals surface area (Å²) in [5.74, 6) is 0.574. The Bertz CT molecular complexity index is 1130. The van der Waals surface area contributed by atoms with E-state index in [0.29, 0.717) is 10.7 Å². The van der Waals surface area contributed by atoms with Gasteiger partial charge >= 0.3 is 6.03 Å². The molecule has 2 aromatic rings. The Labute approximate surface area is 203 Å². The van der Waals surface area contributed by atoms with Crippen molar-refractivity contribution in [1.82, 2.24) is 26.3 Å². The van der Waals surface area contributed by atoms with Gasteiger partial charge in [0.2, 0.25) is 0 Å². The molecule has 8 nitrogen and oxygen atoms in total. The molecule has 0 bridgehead atoms. The van der Waals surface area contributed by atoms with Gasteiger partial charge in [-0.05, 0) is 55.6 Å². The van der Waals surface area contributed by atoms with E-state index in [-0.39, 0.29) is 35.3 Å². The highest BCUT2D eigenvalue weighted by molar-refractivity contribution is 8.04. The number of aromatic nitrogens is 1. The molecule has 0 saturated carbocycles. The number of urea groups is 1. The van der Waals surface area contributed by atoms with E-state index >= 15 is 0 Å². The number of carbonyl (C=O) groups excluding carboxylic acids is 2. The molecule has 1 aromatic carbocycles. The van der Waals surface area contributed by atoms with Crippen molar-refractivity contribution in [2.45, 2.75) is 36.7 Å². The van der Waals surface area contributed by atoms with Gasteiger partial charge in [0, 0.05) is 30.4 Å². The molecule has 5 heterocycles. The van der Waals surface area contributed by atoms with Crippen LogP contribution >= 0.6 is 11.8 Å². The van der Waals surface area contributed by atoms with Crippen LogP contribution in [-0.4, -0.2) is 54.0 Å². The van der Waals surface area contributed by atoms with Crippen LogP contribution in [0, 0.1) is 5.92 Å². The van der Waals surface area contributed by atoms with Crippen molar-refractivity contribution in [3.05, 3.63) is 59.3 Å². The zero-order valence-corrected chi connectivity index (χ0v) is 19.6. The van der Waals surface area contributed by atoms with Crippen LogP contribution in [0.3, 0.4) is 0 Å². The van der Waals surface area contributed by atoms with Crippen LogP contribution in [0.15, 0.2) is 59.3 Å². The molecular formula is C25H28N6O2S. The number of piperidine rings is 2. The zero-order valence-electron chi connectivity index (χ0n) is 18.8. The Morgan fingerprint density at radius 2 is 2.00 bits per heavy atom. The smallest absolute Gasteiger partial charge is 0.327 e. The summed E-state index contributed by atoms with van der Waals surface area (Å²) in [5.41, 5.74) is 2.86. The number of hydrogen-bond acceptors (Lipinski definition) is 6. The van der Waals surface area contributed by atoms with Crippen LogP contribution in [0.4, 0.5) is 10.6 Å². The molecular weight excluding hydrogens is 448 g/mol. The molecule has 4 atom stereocenters. The first-order chi connectivity index (χ1) is 16.7. The maximum atomic E-state index is 13.4. The highest BCUT2D eigenvalue weighted by atomic mass is 32.2.